The van der Waals surface area contributed by atoms with Crippen molar-refractivity contribution in [1.82, 2.24) is 4.98 Å². The number of halogens is 1. The maximum Gasteiger partial charge on any atom is 0.336 e. The van der Waals surface area contributed by atoms with Crippen LogP contribution in [0.5, 0.6) is 0 Å². The Kier molecular flexibility index (Phi) is 7.10. The van der Waals surface area contributed by atoms with Crippen molar-refractivity contribution in [3.8, 4) is 11.1 Å². The van der Waals surface area contributed by atoms with E-state index < -0.39 is 17.7 Å². The summed E-state index contributed by atoms with van der Waals surface area (Å²) in [6, 6.07) is 20.4. The van der Waals surface area contributed by atoms with Gasteiger partial charge in [0.05, 0.1) is 11.3 Å². The van der Waals surface area contributed by atoms with E-state index in [4.69, 9.17) is 0 Å². The molecule has 0 aliphatic heterocycles. The molecule has 4 aromatic rings. The van der Waals surface area contributed by atoms with Crippen LogP contribution in [0.2, 0.25) is 0 Å². The number of pyridine rings is 1. The highest BCUT2D eigenvalue weighted by molar-refractivity contribution is 6.01. The van der Waals surface area contributed by atoms with Crippen molar-refractivity contribution in [2.45, 2.75) is 26.2 Å². The lowest BCUT2D eigenvalue weighted by Gasteiger charge is -2.22. The van der Waals surface area contributed by atoms with Crippen molar-refractivity contribution in [3.63, 3.8) is 0 Å². The highest BCUT2D eigenvalue weighted by atomic mass is 19.1. The van der Waals surface area contributed by atoms with Crippen molar-refractivity contribution < 1.29 is 19.5 Å². The van der Waals surface area contributed by atoms with Gasteiger partial charge in [0.25, 0.3) is 5.56 Å². The number of nitrogens with one attached hydrogen (secondary N) is 1. The van der Waals surface area contributed by atoms with Crippen LogP contribution in [-0.2, 0) is 0 Å². The number of hydrogen-bond acceptors (Lipinski definition) is 4. The zero-order chi connectivity index (χ0) is 25.8. The van der Waals surface area contributed by atoms with Crippen LogP contribution >= 0.6 is 0 Å². The Hall–Kier alpha value is -4.52. The second kappa shape index (κ2) is 10.4. The monoisotopic (exact) mass is 484 g/mol. The standard InChI is InChI=1S/C29H25FN2O4/c1-17-7-3-4-8-21(17)25(15-27(32-36)20-13-18(2)28(33)31-16-20)23-12-11-19(14-26(23)30)22-9-5-6-10-24(22)29(34)35/h3-14,16,25,36H,15H2,1-2H3,(H,31,33)(H,34,35)/b32-27+. The molecule has 36 heavy (non-hydrogen) atoms. The molecule has 4 rings (SSSR count). The summed E-state index contributed by atoms with van der Waals surface area (Å²) < 4.78 is 15.7. The fourth-order valence-corrected chi connectivity index (χ4v) is 4.44. The number of aromatic carboxylic acids is 1. The molecule has 1 atom stereocenters. The largest absolute Gasteiger partial charge is 0.478 e. The second-order valence-corrected chi connectivity index (χ2v) is 8.65. The van der Waals surface area contributed by atoms with Crippen LogP contribution in [0, 0.1) is 19.7 Å². The molecule has 3 aromatic carbocycles. The first kappa shape index (κ1) is 24.6. The lowest BCUT2D eigenvalue weighted by molar-refractivity contribution is 0.0697. The predicted octanol–water partition coefficient (Wildman–Crippen LogP) is 5.90. The van der Waals surface area contributed by atoms with Gasteiger partial charge in [0.1, 0.15) is 5.82 Å². The Balaban J connectivity index is 1.81. The van der Waals surface area contributed by atoms with E-state index in [0.717, 1.165) is 11.1 Å². The third kappa shape index (κ3) is 4.95. The van der Waals surface area contributed by atoms with E-state index in [1.807, 2.05) is 31.2 Å². The number of hydrogen-bond donors (Lipinski definition) is 3. The molecule has 1 heterocycles. The molecule has 0 saturated heterocycles. The van der Waals surface area contributed by atoms with Gasteiger partial charge in [0.2, 0.25) is 0 Å². The van der Waals surface area contributed by atoms with Gasteiger partial charge in [-0.2, -0.15) is 0 Å². The first-order chi connectivity index (χ1) is 17.3. The molecule has 1 unspecified atom stereocenters. The SMILES string of the molecule is Cc1ccccc1C(C/C(=N\O)c1c[nH]c(=O)c(C)c1)c1ccc(-c2ccccc2C(=O)O)cc1F. The molecule has 6 nitrogen and oxygen atoms in total. The molecule has 182 valence electrons. The molecule has 0 spiro atoms. The molecule has 0 aliphatic rings. The van der Waals surface area contributed by atoms with Crippen molar-refractivity contribution in [2.24, 2.45) is 5.16 Å². The highest BCUT2D eigenvalue weighted by Crippen LogP contribution is 2.35. The minimum absolute atomic E-state index is 0.0863. The Morgan fingerprint density at radius 1 is 0.972 bits per heavy atom. The molecule has 0 bridgehead atoms. The predicted molar refractivity (Wildman–Crippen MR) is 137 cm³/mol. The van der Waals surface area contributed by atoms with Gasteiger partial charge in [0.15, 0.2) is 0 Å². The van der Waals surface area contributed by atoms with Gasteiger partial charge in [-0.05, 0) is 59.9 Å². The van der Waals surface area contributed by atoms with E-state index in [2.05, 4.69) is 10.1 Å². The fourth-order valence-electron chi connectivity index (χ4n) is 4.44. The Morgan fingerprint density at radius 2 is 1.69 bits per heavy atom. The van der Waals surface area contributed by atoms with Crippen LogP contribution in [0.15, 0.2) is 88.9 Å². The number of nitrogens with zero attached hydrogens (tertiary/aromatic N) is 1. The van der Waals surface area contributed by atoms with Gasteiger partial charge in [-0.3, -0.25) is 4.79 Å². The van der Waals surface area contributed by atoms with Crippen LogP contribution in [0.25, 0.3) is 11.1 Å². The number of aromatic nitrogens is 1. The van der Waals surface area contributed by atoms with Crippen LogP contribution in [0.3, 0.4) is 0 Å². The highest BCUT2D eigenvalue weighted by Gasteiger charge is 2.24. The van der Waals surface area contributed by atoms with Crippen LogP contribution in [0.4, 0.5) is 4.39 Å². The molecular weight excluding hydrogens is 459 g/mol. The van der Waals surface area contributed by atoms with Crippen LogP contribution in [-0.4, -0.2) is 27.0 Å². The van der Waals surface area contributed by atoms with Crippen molar-refractivity contribution in [3.05, 3.63) is 129 Å². The molecule has 0 saturated carbocycles. The Bertz CT molecular complexity index is 1520. The van der Waals surface area contributed by atoms with Gasteiger partial charge < -0.3 is 15.3 Å². The van der Waals surface area contributed by atoms with Gasteiger partial charge >= 0.3 is 5.97 Å². The summed E-state index contributed by atoms with van der Waals surface area (Å²) >= 11 is 0. The van der Waals surface area contributed by atoms with Crippen molar-refractivity contribution in [1.29, 1.82) is 0 Å². The first-order valence-electron chi connectivity index (χ1n) is 11.4. The minimum Gasteiger partial charge on any atom is -0.478 e. The average Bonchev–Trinajstić information content (AvgIpc) is 2.87. The summed E-state index contributed by atoms with van der Waals surface area (Å²) in [6.07, 6.45) is 1.64. The van der Waals surface area contributed by atoms with Gasteiger partial charge in [0, 0.05) is 29.7 Å². The maximum absolute atomic E-state index is 15.7. The van der Waals surface area contributed by atoms with E-state index in [1.165, 1.54) is 18.3 Å². The fraction of sp³-hybridized carbons (Fsp3) is 0.138. The summed E-state index contributed by atoms with van der Waals surface area (Å²) in [7, 11) is 0. The topological polar surface area (TPSA) is 103 Å². The zero-order valence-corrected chi connectivity index (χ0v) is 19.8. The van der Waals surface area contributed by atoms with E-state index >= 15 is 4.39 Å². The number of aromatic amines is 1. The normalized spacial score (nSPS) is 12.4. The third-order valence-corrected chi connectivity index (χ3v) is 6.35. The van der Waals surface area contributed by atoms with Crippen molar-refractivity contribution >= 4 is 11.7 Å². The maximum atomic E-state index is 15.7. The van der Waals surface area contributed by atoms with E-state index in [0.29, 0.717) is 33.5 Å². The van der Waals surface area contributed by atoms with Crippen LogP contribution in [0.1, 0.15) is 50.5 Å². The van der Waals surface area contributed by atoms with Gasteiger partial charge in [-0.25, -0.2) is 9.18 Å². The summed E-state index contributed by atoms with van der Waals surface area (Å²) in [5, 5.41) is 22.9. The summed E-state index contributed by atoms with van der Waals surface area (Å²) in [6.45, 7) is 3.58. The molecule has 3 N–H and O–H groups in total. The lowest BCUT2D eigenvalue weighted by Crippen LogP contribution is -2.16. The Labute approximate surface area is 207 Å². The van der Waals surface area contributed by atoms with E-state index in [-0.39, 0.29) is 17.5 Å². The molecule has 0 radical (unpaired) electrons. The average molecular weight is 485 g/mol. The number of carbonyl (C=O) groups is 1. The number of rotatable bonds is 7. The Morgan fingerprint density at radius 3 is 2.36 bits per heavy atom. The number of carboxylic acid groups (broad SMARTS) is 1. The van der Waals surface area contributed by atoms with Crippen LogP contribution < -0.4 is 5.56 Å². The van der Waals surface area contributed by atoms with E-state index in [9.17, 15) is 19.9 Å². The molecule has 0 fully saturated rings. The minimum atomic E-state index is -1.09. The zero-order valence-electron chi connectivity index (χ0n) is 19.8. The quantitative estimate of drug-likeness (QED) is 0.173. The van der Waals surface area contributed by atoms with Gasteiger partial charge in [-0.1, -0.05) is 59.8 Å². The molecule has 1 aromatic heterocycles. The lowest BCUT2D eigenvalue weighted by atomic mass is 9.82. The summed E-state index contributed by atoms with van der Waals surface area (Å²) in [4.78, 5) is 26.1. The smallest absolute Gasteiger partial charge is 0.336 e. The molecule has 0 aliphatic carbocycles. The summed E-state index contributed by atoms with van der Waals surface area (Å²) in [5.74, 6) is -2.10. The van der Waals surface area contributed by atoms with Crippen molar-refractivity contribution in [2.75, 3.05) is 0 Å². The number of aryl methyl sites for hydroxylation is 2. The number of benzene rings is 3. The third-order valence-electron chi connectivity index (χ3n) is 6.35. The van der Waals surface area contributed by atoms with E-state index in [1.54, 1.807) is 43.3 Å². The van der Waals surface area contributed by atoms with Gasteiger partial charge in [-0.15, -0.1) is 0 Å². The molecule has 0 amide bonds. The number of carboxylic acids is 1. The first-order valence-corrected chi connectivity index (χ1v) is 11.4. The number of H-pyrrole nitrogens is 1. The second-order valence-electron chi connectivity index (χ2n) is 8.65. The number of oxime groups is 1. The molecule has 7 heteroatoms. The molecular formula is C29H25FN2O4. The summed E-state index contributed by atoms with van der Waals surface area (Å²) in [5.41, 5.74) is 4.18.